The number of piperidine rings is 2. The number of likely N-dealkylation sites (tertiary alicyclic amines) is 1. The van der Waals surface area contributed by atoms with Gasteiger partial charge in [-0.25, -0.2) is 0 Å². The minimum atomic E-state index is 0.241. The van der Waals surface area contributed by atoms with Gasteiger partial charge in [-0.2, -0.15) is 0 Å². The van der Waals surface area contributed by atoms with Crippen LogP contribution in [0.15, 0.2) is 0 Å². The number of carbonyl (C=O) groups excluding carboxylic acids is 1. The van der Waals surface area contributed by atoms with Crippen molar-refractivity contribution < 1.29 is 4.79 Å². The Labute approximate surface area is 130 Å². The number of nitrogens with zero attached hydrogens (tertiary/aromatic N) is 1. The summed E-state index contributed by atoms with van der Waals surface area (Å²) in [4.78, 5) is 14.6. The Bertz CT molecular complexity index is 315. The highest BCUT2D eigenvalue weighted by molar-refractivity contribution is 5.76. The molecule has 2 aliphatic rings. The molecule has 4 heteroatoms. The van der Waals surface area contributed by atoms with Crippen molar-refractivity contribution in [2.24, 2.45) is 11.8 Å². The highest BCUT2D eigenvalue weighted by atomic mass is 16.1. The number of carbonyl (C=O) groups is 1. The molecule has 0 aliphatic carbocycles. The first-order valence-electron chi connectivity index (χ1n) is 8.88. The average Bonchev–Trinajstić information content (AvgIpc) is 2.50. The van der Waals surface area contributed by atoms with Crippen molar-refractivity contribution in [1.82, 2.24) is 15.5 Å². The number of amides is 1. The molecule has 0 aromatic heterocycles. The Kier molecular flexibility index (Phi) is 6.97. The number of nitrogens with one attached hydrogen (secondary N) is 2. The Morgan fingerprint density at radius 2 is 2.05 bits per heavy atom. The molecule has 2 saturated heterocycles. The van der Waals surface area contributed by atoms with Crippen molar-refractivity contribution in [2.45, 2.75) is 58.4 Å². The van der Waals surface area contributed by atoms with Gasteiger partial charge in [-0.05, 0) is 64.1 Å². The molecule has 2 rings (SSSR count). The summed E-state index contributed by atoms with van der Waals surface area (Å²) in [7, 11) is 0. The van der Waals surface area contributed by atoms with Gasteiger partial charge in [0.15, 0.2) is 0 Å². The summed E-state index contributed by atoms with van der Waals surface area (Å²) >= 11 is 0. The molecule has 2 fully saturated rings. The molecule has 0 aromatic carbocycles. The minimum absolute atomic E-state index is 0.241. The van der Waals surface area contributed by atoms with E-state index in [2.05, 4.69) is 29.4 Å². The second kappa shape index (κ2) is 8.74. The van der Waals surface area contributed by atoms with Gasteiger partial charge in [0.25, 0.3) is 0 Å². The molecule has 2 unspecified atom stereocenters. The van der Waals surface area contributed by atoms with E-state index in [1.54, 1.807) is 0 Å². The smallest absolute Gasteiger partial charge is 0.220 e. The van der Waals surface area contributed by atoms with E-state index in [0.717, 1.165) is 32.1 Å². The molecule has 4 nitrogen and oxygen atoms in total. The first-order valence-corrected chi connectivity index (χ1v) is 8.88. The van der Waals surface area contributed by atoms with Crippen LogP contribution in [0.2, 0.25) is 0 Å². The first-order chi connectivity index (χ1) is 10.2. The largest absolute Gasteiger partial charge is 0.355 e. The van der Waals surface area contributed by atoms with E-state index in [9.17, 15) is 4.79 Å². The standard InChI is InChI=1S/C17H33N3O/c1-14(16-6-8-18-9-7-16)13-17(21)19-10-12-20-11-4-3-5-15(20)2/h14-16,18H,3-13H2,1-2H3,(H,19,21). The zero-order valence-corrected chi connectivity index (χ0v) is 13.9. The second-order valence-electron chi connectivity index (χ2n) is 7.00. The van der Waals surface area contributed by atoms with Gasteiger partial charge in [0.2, 0.25) is 5.91 Å². The van der Waals surface area contributed by atoms with Gasteiger partial charge >= 0.3 is 0 Å². The fourth-order valence-electron chi connectivity index (χ4n) is 3.77. The van der Waals surface area contributed by atoms with Crippen LogP contribution in [0.4, 0.5) is 0 Å². The van der Waals surface area contributed by atoms with Gasteiger partial charge in [0, 0.05) is 25.6 Å². The lowest BCUT2D eigenvalue weighted by Gasteiger charge is -2.33. The Morgan fingerprint density at radius 3 is 2.76 bits per heavy atom. The first kappa shape index (κ1) is 16.8. The molecule has 2 heterocycles. The maximum atomic E-state index is 12.1. The van der Waals surface area contributed by atoms with Crippen molar-refractivity contribution in [1.29, 1.82) is 0 Å². The SMILES string of the molecule is CC(CC(=O)NCCN1CCCCC1C)C1CCNCC1. The third-order valence-electron chi connectivity index (χ3n) is 5.36. The van der Waals surface area contributed by atoms with Crippen LogP contribution in [0, 0.1) is 11.8 Å². The Balaban J connectivity index is 1.60. The molecule has 122 valence electrons. The van der Waals surface area contributed by atoms with E-state index in [1.807, 2.05) is 0 Å². The summed E-state index contributed by atoms with van der Waals surface area (Å²) in [5.41, 5.74) is 0. The van der Waals surface area contributed by atoms with Gasteiger partial charge in [-0.15, -0.1) is 0 Å². The summed E-state index contributed by atoms with van der Waals surface area (Å²) in [5.74, 6) is 1.48. The van der Waals surface area contributed by atoms with Crippen molar-refractivity contribution in [3.63, 3.8) is 0 Å². The molecule has 0 aromatic rings. The summed E-state index contributed by atoms with van der Waals surface area (Å²) in [6.07, 6.45) is 7.11. The van der Waals surface area contributed by atoms with Gasteiger partial charge in [0.05, 0.1) is 0 Å². The molecular weight excluding hydrogens is 262 g/mol. The second-order valence-corrected chi connectivity index (χ2v) is 7.00. The molecule has 2 aliphatic heterocycles. The monoisotopic (exact) mass is 295 g/mol. The third-order valence-corrected chi connectivity index (χ3v) is 5.36. The van der Waals surface area contributed by atoms with Crippen molar-refractivity contribution in [3.05, 3.63) is 0 Å². The molecular formula is C17H33N3O. The molecule has 0 spiro atoms. The summed E-state index contributed by atoms with van der Waals surface area (Å²) in [5, 5.41) is 6.52. The van der Waals surface area contributed by atoms with E-state index in [-0.39, 0.29) is 5.91 Å². The summed E-state index contributed by atoms with van der Waals surface area (Å²) < 4.78 is 0. The van der Waals surface area contributed by atoms with E-state index >= 15 is 0 Å². The van der Waals surface area contributed by atoms with E-state index in [0.29, 0.717) is 18.4 Å². The van der Waals surface area contributed by atoms with Crippen LogP contribution in [0.25, 0.3) is 0 Å². The molecule has 2 atom stereocenters. The Hall–Kier alpha value is -0.610. The van der Waals surface area contributed by atoms with Crippen molar-refractivity contribution in [3.8, 4) is 0 Å². The zero-order valence-electron chi connectivity index (χ0n) is 13.9. The topological polar surface area (TPSA) is 44.4 Å². The molecule has 0 radical (unpaired) electrons. The molecule has 0 bridgehead atoms. The van der Waals surface area contributed by atoms with Gasteiger partial charge in [-0.1, -0.05) is 13.3 Å². The Morgan fingerprint density at radius 1 is 1.29 bits per heavy atom. The predicted octanol–water partition coefficient (Wildman–Crippen LogP) is 2.00. The molecule has 1 amide bonds. The van der Waals surface area contributed by atoms with Crippen LogP contribution in [0.3, 0.4) is 0 Å². The lowest BCUT2D eigenvalue weighted by atomic mass is 9.84. The van der Waals surface area contributed by atoms with E-state index < -0.39 is 0 Å². The minimum Gasteiger partial charge on any atom is -0.355 e. The van der Waals surface area contributed by atoms with Crippen molar-refractivity contribution in [2.75, 3.05) is 32.7 Å². The lowest BCUT2D eigenvalue weighted by molar-refractivity contribution is -0.122. The maximum Gasteiger partial charge on any atom is 0.220 e. The summed E-state index contributed by atoms with van der Waals surface area (Å²) in [6.45, 7) is 9.79. The van der Waals surface area contributed by atoms with E-state index in [4.69, 9.17) is 0 Å². The quantitative estimate of drug-likeness (QED) is 0.788. The number of hydrogen-bond donors (Lipinski definition) is 2. The summed E-state index contributed by atoms with van der Waals surface area (Å²) in [6, 6.07) is 0.685. The van der Waals surface area contributed by atoms with Gasteiger partial charge < -0.3 is 10.6 Å². The highest BCUT2D eigenvalue weighted by Gasteiger charge is 2.22. The van der Waals surface area contributed by atoms with Gasteiger partial charge in [-0.3, -0.25) is 9.69 Å². The normalized spacial score (nSPS) is 26.5. The highest BCUT2D eigenvalue weighted by Crippen LogP contribution is 2.24. The molecule has 21 heavy (non-hydrogen) atoms. The predicted molar refractivity (Wildman–Crippen MR) is 87.3 cm³/mol. The van der Waals surface area contributed by atoms with Crippen LogP contribution in [-0.4, -0.2) is 49.6 Å². The lowest BCUT2D eigenvalue weighted by Crippen LogP contribution is -2.42. The van der Waals surface area contributed by atoms with Crippen LogP contribution < -0.4 is 10.6 Å². The fourth-order valence-corrected chi connectivity index (χ4v) is 3.77. The van der Waals surface area contributed by atoms with E-state index in [1.165, 1.54) is 38.6 Å². The fraction of sp³-hybridized carbons (Fsp3) is 0.941. The molecule has 2 N–H and O–H groups in total. The molecule has 0 saturated carbocycles. The number of hydrogen-bond acceptors (Lipinski definition) is 3. The van der Waals surface area contributed by atoms with Crippen LogP contribution in [0.1, 0.15) is 52.4 Å². The van der Waals surface area contributed by atoms with Crippen LogP contribution in [-0.2, 0) is 4.79 Å². The maximum absolute atomic E-state index is 12.1. The zero-order chi connectivity index (χ0) is 15.1. The average molecular weight is 295 g/mol. The van der Waals surface area contributed by atoms with Crippen LogP contribution >= 0.6 is 0 Å². The number of rotatable bonds is 6. The van der Waals surface area contributed by atoms with Crippen LogP contribution in [0.5, 0.6) is 0 Å². The van der Waals surface area contributed by atoms with Crippen molar-refractivity contribution >= 4 is 5.91 Å². The third kappa shape index (κ3) is 5.59. The van der Waals surface area contributed by atoms with Gasteiger partial charge in [0.1, 0.15) is 0 Å².